The Hall–Kier alpha value is -1.58. The van der Waals surface area contributed by atoms with Crippen LogP contribution in [0, 0.1) is 0 Å². The minimum Gasteiger partial charge on any atom is -0.478 e. The van der Waals surface area contributed by atoms with Crippen LogP contribution in [0.1, 0.15) is 81.8 Å². The average molecular weight is 292 g/mol. The van der Waals surface area contributed by atoms with Gasteiger partial charge < -0.3 is 10.4 Å². The van der Waals surface area contributed by atoms with Crippen LogP contribution in [0.25, 0.3) is 0 Å². The average Bonchev–Trinajstić information content (AvgIpc) is 2.43. The molecule has 2 N–H and O–H groups in total. The maximum Gasteiger partial charge on any atom is 0.335 e. The van der Waals surface area contributed by atoms with Gasteiger partial charge in [0.1, 0.15) is 5.82 Å². The highest BCUT2D eigenvalue weighted by molar-refractivity contribution is 5.88. The topological polar surface area (TPSA) is 62.2 Å². The largest absolute Gasteiger partial charge is 0.478 e. The molecule has 0 aromatic carbocycles. The summed E-state index contributed by atoms with van der Waals surface area (Å²) in [6, 6.07) is 3.58. The quantitative estimate of drug-likeness (QED) is 0.649. The van der Waals surface area contributed by atoms with Crippen LogP contribution < -0.4 is 5.32 Å². The molecular weight excluding hydrogens is 264 g/mol. The Balaban J connectivity index is 2.70. The third-order valence-corrected chi connectivity index (χ3v) is 3.57. The number of rotatable bonds is 9. The maximum absolute atomic E-state index is 11.2. The summed E-state index contributed by atoms with van der Waals surface area (Å²) in [5.41, 5.74) is 1.12. The molecule has 118 valence electrons. The highest BCUT2D eigenvalue weighted by Crippen LogP contribution is 2.19. The van der Waals surface area contributed by atoms with Gasteiger partial charge in [0.15, 0.2) is 0 Å². The molecule has 0 aliphatic heterocycles. The third kappa shape index (κ3) is 6.15. The first-order chi connectivity index (χ1) is 9.93. The highest BCUT2D eigenvalue weighted by atomic mass is 16.4. The van der Waals surface area contributed by atoms with Crippen molar-refractivity contribution in [2.24, 2.45) is 0 Å². The van der Waals surface area contributed by atoms with E-state index in [-0.39, 0.29) is 5.92 Å². The summed E-state index contributed by atoms with van der Waals surface area (Å²) in [7, 11) is 0. The van der Waals surface area contributed by atoms with Crippen molar-refractivity contribution in [1.82, 2.24) is 4.98 Å². The highest BCUT2D eigenvalue weighted by Gasteiger charge is 2.12. The number of aromatic carboxylic acids is 1. The van der Waals surface area contributed by atoms with Crippen molar-refractivity contribution in [1.29, 1.82) is 0 Å². The van der Waals surface area contributed by atoms with Gasteiger partial charge >= 0.3 is 5.97 Å². The van der Waals surface area contributed by atoms with Gasteiger partial charge in [-0.25, -0.2) is 9.78 Å². The lowest BCUT2D eigenvalue weighted by molar-refractivity contribution is 0.0696. The summed E-state index contributed by atoms with van der Waals surface area (Å²) < 4.78 is 0. The van der Waals surface area contributed by atoms with E-state index in [1.165, 1.54) is 25.7 Å². The molecular formula is C17H28N2O2. The number of carbonyl (C=O) groups is 1. The third-order valence-electron chi connectivity index (χ3n) is 3.57. The molecule has 1 aromatic rings. The van der Waals surface area contributed by atoms with Gasteiger partial charge in [0.05, 0.1) is 5.56 Å². The van der Waals surface area contributed by atoms with Crippen molar-refractivity contribution in [3.05, 3.63) is 23.4 Å². The van der Waals surface area contributed by atoms with E-state index in [1.807, 2.05) is 13.8 Å². The number of hydrogen-bond donors (Lipinski definition) is 2. The Morgan fingerprint density at radius 2 is 1.95 bits per heavy atom. The van der Waals surface area contributed by atoms with Crippen LogP contribution >= 0.6 is 0 Å². The van der Waals surface area contributed by atoms with E-state index in [9.17, 15) is 9.90 Å². The fourth-order valence-corrected chi connectivity index (χ4v) is 2.25. The Bertz CT molecular complexity index is 458. The summed E-state index contributed by atoms with van der Waals surface area (Å²) in [5.74, 6) is -0.0238. The van der Waals surface area contributed by atoms with Crippen LogP contribution in [-0.4, -0.2) is 22.1 Å². The minimum absolute atomic E-state index is 0.213. The Morgan fingerprint density at radius 3 is 2.52 bits per heavy atom. The number of aromatic nitrogens is 1. The van der Waals surface area contributed by atoms with Crippen LogP contribution in [0.3, 0.4) is 0 Å². The van der Waals surface area contributed by atoms with E-state index in [0.717, 1.165) is 12.1 Å². The van der Waals surface area contributed by atoms with Gasteiger partial charge in [-0.1, -0.05) is 46.5 Å². The minimum atomic E-state index is -0.905. The van der Waals surface area contributed by atoms with Gasteiger partial charge in [0.2, 0.25) is 0 Å². The first kappa shape index (κ1) is 17.5. The summed E-state index contributed by atoms with van der Waals surface area (Å²) in [6.45, 7) is 8.37. The number of unbranched alkanes of at least 4 members (excludes halogenated alkanes) is 3. The Morgan fingerprint density at radius 1 is 1.24 bits per heavy atom. The second kappa shape index (κ2) is 8.65. The van der Waals surface area contributed by atoms with Crippen molar-refractivity contribution in [3.8, 4) is 0 Å². The van der Waals surface area contributed by atoms with Gasteiger partial charge in [-0.3, -0.25) is 0 Å². The van der Waals surface area contributed by atoms with E-state index in [2.05, 4.69) is 24.1 Å². The molecule has 21 heavy (non-hydrogen) atoms. The Labute approximate surface area is 128 Å². The zero-order valence-corrected chi connectivity index (χ0v) is 13.6. The molecule has 1 unspecified atom stereocenters. The molecule has 4 nitrogen and oxygen atoms in total. The van der Waals surface area contributed by atoms with Gasteiger partial charge in [0.25, 0.3) is 0 Å². The molecule has 0 spiro atoms. The molecule has 0 bridgehead atoms. The molecule has 0 saturated heterocycles. The number of nitrogens with one attached hydrogen (secondary N) is 1. The molecule has 0 fully saturated rings. The first-order valence-electron chi connectivity index (χ1n) is 7.95. The van der Waals surface area contributed by atoms with Crippen molar-refractivity contribution in [2.75, 3.05) is 5.32 Å². The molecule has 1 rings (SSSR count). The fourth-order valence-electron chi connectivity index (χ4n) is 2.25. The van der Waals surface area contributed by atoms with Crippen LogP contribution in [0.5, 0.6) is 0 Å². The standard InChI is InChI=1S/C17H28N2O2/c1-5-6-7-8-9-13(4)18-16-11-14(17(20)21)10-15(19-16)12(2)3/h10-13H,5-9H2,1-4H3,(H,18,19)(H,20,21). The molecule has 4 heteroatoms. The van der Waals surface area contributed by atoms with E-state index in [4.69, 9.17) is 0 Å². The van der Waals surface area contributed by atoms with E-state index >= 15 is 0 Å². The molecule has 1 heterocycles. The number of anilines is 1. The first-order valence-corrected chi connectivity index (χ1v) is 7.95. The Kier molecular flexibility index (Phi) is 7.20. The van der Waals surface area contributed by atoms with Crippen molar-refractivity contribution in [2.45, 2.75) is 71.8 Å². The monoisotopic (exact) mass is 292 g/mol. The normalized spacial score (nSPS) is 12.4. The van der Waals surface area contributed by atoms with Gasteiger partial charge in [-0.05, 0) is 31.4 Å². The van der Waals surface area contributed by atoms with Gasteiger partial charge in [-0.2, -0.15) is 0 Å². The molecule has 0 amide bonds. The van der Waals surface area contributed by atoms with Crippen LogP contribution in [0.4, 0.5) is 5.82 Å². The number of nitrogens with zero attached hydrogens (tertiary/aromatic N) is 1. The second-order valence-corrected chi connectivity index (χ2v) is 6.02. The van der Waals surface area contributed by atoms with Crippen LogP contribution in [0.2, 0.25) is 0 Å². The van der Waals surface area contributed by atoms with Crippen molar-refractivity contribution in [3.63, 3.8) is 0 Å². The van der Waals surface area contributed by atoms with E-state index in [0.29, 0.717) is 17.4 Å². The molecule has 0 saturated carbocycles. The molecule has 1 atom stereocenters. The maximum atomic E-state index is 11.2. The predicted octanol–water partition coefficient (Wildman–Crippen LogP) is 4.67. The number of carboxylic acid groups (broad SMARTS) is 1. The lowest BCUT2D eigenvalue weighted by atomic mass is 10.1. The molecule has 0 aliphatic rings. The fraction of sp³-hybridized carbons (Fsp3) is 0.647. The lowest BCUT2D eigenvalue weighted by Crippen LogP contribution is -2.17. The second-order valence-electron chi connectivity index (χ2n) is 6.02. The molecule has 1 aromatic heterocycles. The summed E-state index contributed by atoms with van der Waals surface area (Å²) >= 11 is 0. The zero-order valence-electron chi connectivity index (χ0n) is 13.6. The zero-order chi connectivity index (χ0) is 15.8. The van der Waals surface area contributed by atoms with Gasteiger partial charge in [-0.15, -0.1) is 0 Å². The van der Waals surface area contributed by atoms with E-state index < -0.39 is 5.97 Å². The van der Waals surface area contributed by atoms with Crippen LogP contribution in [0.15, 0.2) is 12.1 Å². The number of hydrogen-bond acceptors (Lipinski definition) is 3. The molecule has 0 aliphatic carbocycles. The van der Waals surface area contributed by atoms with Crippen molar-refractivity contribution < 1.29 is 9.90 Å². The summed E-state index contributed by atoms with van der Waals surface area (Å²) in [6.07, 6.45) is 6.04. The number of pyridine rings is 1. The van der Waals surface area contributed by atoms with Crippen molar-refractivity contribution >= 4 is 11.8 Å². The lowest BCUT2D eigenvalue weighted by Gasteiger charge is -2.16. The van der Waals surface area contributed by atoms with Crippen LogP contribution in [-0.2, 0) is 0 Å². The summed E-state index contributed by atoms with van der Waals surface area (Å²) in [5, 5.41) is 12.5. The molecule has 0 radical (unpaired) electrons. The SMILES string of the molecule is CCCCCCC(C)Nc1cc(C(=O)O)cc(C(C)C)n1. The van der Waals surface area contributed by atoms with Gasteiger partial charge in [0, 0.05) is 11.7 Å². The predicted molar refractivity (Wildman–Crippen MR) is 87.1 cm³/mol. The number of carboxylic acids is 1. The summed E-state index contributed by atoms with van der Waals surface area (Å²) in [4.78, 5) is 15.7. The smallest absolute Gasteiger partial charge is 0.335 e. The van der Waals surface area contributed by atoms with E-state index in [1.54, 1.807) is 12.1 Å².